The Balaban J connectivity index is 0.000000321. The van der Waals surface area contributed by atoms with Crippen LogP contribution in [0.15, 0.2) is 0 Å². The molecule has 0 aromatic rings. The van der Waals surface area contributed by atoms with E-state index in [1.807, 2.05) is 4.90 Å². The van der Waals surface area contributed by atoms with Crippen molar-refractivity contribution < 1.29 is 32.6 Å². The zero-order valence-electron chi connectivity index (χ0n) is 15.8. The fourth-order valence-corrected chi connectivity index (χ4v) is 4.36. The summed E-state index contributed by atoms with van der Waals surface area (Å²) in [5.74, 6) is -2.19. The monoisotopic (exact) mass is 395 g/mol. The molecule has 0 aromatic carbocycles. The fraction of sp³-hybridized carbons (Fsp3) is 0.882. The molecule has 7 nitrogen and oxygen atoms in total. The maximum absolute atomic E-state index is 12.5. The van der Waals surface area contributed by atoms with E-state index in [1.54, 1.807) is 7.11 Å². The number of methoxy groups -OCH3 is 1. The molecular formula is C17H28F3N3O4. The van der Waals surface area contributed by atoms with Crippen molar-refractivity contribution in [3.63, 3.8) is 0 Å². The van der Waals surface area contributed by atoms with Gasteiger partial charge in [-0.2, -0.15) is 13.2 Å². The molecule has 0 aliphatic carbocycles. The van der Waals surface area contributed by atoms with Crippen molar-refractivity contribution in [2.75, 3.05) is 60.0 Å². The number of aliphatic carboxylic acids is 1. The maximum Gasteiger partial charge on any atom is 0.490 e. The zero-order valence-corrected chi connectivity index (χ0v) is 15.8. The van der Waals surface area contributed by atoms with Gasteiger partial charge in [0.05, 0.1) is 6.61 Å². The molecule has 156 valence electrons. The van der Waals surface area contributed by atoms with E-state index in [9.17, 15) is 18.0 Å². The first-order chi connectivity index (χ1) is 12.6. The molecule has 1 spiro atoms. The van der Waals surface area contributed by atoms with Gasteiger partial charge in [0, 0.05) is 57.7 Å². The summed E-state index contributed by atoms with van der Waals surface area (Å²) in [4.78, 5) is 28.0. The summed E-state index contributed by atoms with van der Waals surface area (Å²) in [7, 11) is 3.97. The summed E-state index contributed by atoms with van der Waals surface area (Å²) in [5.41, 5.74) is 0.264. The highest BCUT2D eigenvalue weighted by Gasteiger charge is 2.50. The average Bonchev–Trinajstić information content (AvgIpc) is 3.29. The molecule has 0 aromatic heterocycles. The summed E-state index contributed by atoms with van der Waals surface area (Å²) in [6.45, 7) is 6.75. The predicted molar refractivity (Wildman–Crippen MR) is 91.4 cm³/mol. The van der Waals surface area contributed by atoms with Gasteiger partial charge in [-0.05, 0) is 26.3 Å². The van der Waals surface area contributed by atoms with Crippen LogP contribution in [0.25, 0.3) is 0 Å². The van der Waals surface area contributed by atoms with Gasteiger partial charge in [-0.1, -0.05) is 0 Å². The molecule has 3 saturated heterocycles. The van der Waals surface area contributed by atoms with Gasteiger partial charge in [0.1, 0.15) is 0 Å². The first-order valence-corrected chi connectivity index (χ1v) is 9.10. The number of ether oxygens (including phenoxy) is 1. The standard InChI is InChI=1S/C15H27N3O2.C2HF3O2/c1-16-9-13(10-20-2)15(11-16)5-8-18(12-15)14(19)17-6-3-4-7-17;3-2(4,5)1(6)7/h13H,3-12H2,1-2H3;(H,6,7)/t13-,15-;/m1./s1. The Morgan fingerprint density at radius 3 is 2.26 bits per heavy atom. The normalized spacial score (nSPS) is 28.6. The van der Waals surface area contributed by atoms with Gasteiger partial charge < -0.3 is 24.5 Å². The number of carboxylic acid groups (broad SMARTS) is 1. The van der Waals surface area contributed by atoms with Crippen LogP contribution in [-0.4, -0.2) is 98.0 Å². The number of urea groups is 1. The van der Waals surface area contributed by atoms with Crippen LogP contribution < -0.4 is 0 Å². The first kappa shape index (κ1) is 21.7. The number of rotatable bonds is 2. The third kappa shape index (κ3) is 5.25. The Labute approximate surface area is 157 Å². The number of likely N-dealkylation sites (tertiary alicyclic amines) is 3. The van der Waals surface area contributed by atoms with Gasteiger partial charge in [0.25, 0.3) is 0 Å². The SMILES string of the molecule is COC[C@H]1CN(C)C[C@@]12CCN(C(=O)N1CCCC1)C2.O=C(O)C(F)(F)F. The van der Waals surface area contributed by atoms with E-state index in [4.69, 9.17) is 14.6 Å². The van der Waals surface area contributed by atoms with E-state index in [0.29, 0.717) is 5.92 Å². The van der Waals surface area contributed by atoms with E-state index in [-0.39, 0.29) is 11.4 Å². The van der Waals surface area contributed by atoms with Crippen LogP contribution in [-0.2, 0) is 9.53 Å². The lowest BCUT2D eigenvalue weighted by molar-refractivity contribution is -0.192. The third-order valence-electron chi connectivity index (χ3n) is 5.63. The molecule has 2 amide bonds. The van der Waals surface area contributed by atoms with Crippen LogP contribution in [0.2, 0.25) is 0 Å². The van der Waals surface area contributed by atoms with Crippen molar-refractivity contribution in [2.24, 2.45) is 11.3 Å². The highest BCUT2D eigenvalue weighted by Crippen LogP contribution is 2.43. The van der Waals surface area contributed by atoms with Gasteiger partial charge >= 0.3 is 18.2 Å². The number of carbonyl (C=O) groups is 2. The van der Waals surface area contributed by atoms with Gasteiger partial charge in [-0.15, -0.1) is 0 Å². The Bertz CT molecular complexity index is 540. The summed E-state index contributed by atoms with van der Waals surface area (Å²) >= 11 is 0. The molecule has 1 N–H and O–H groups in total. The number of amides is 2. The van der Waals surface area contributed by atoms with Crippen LogP contribution in [0.5, 0.6) is 0 Å². The Hall–Kier alpha value is -1.55. The highest BCUT2D eigenvalue weighted by atomic mass is 19.4. The van der Waals surface area contributed by atoms with Crippen molar-refractivity contribution in [2.45, 2.75) is 25.4 Å². The minimum Gasteiger partial charge on any atom is -0.475 e. The smallest absolute Gasteiger partial charge is 0.475 e. The summed E-state index contributed by atoms with van der Waals surface area (Å²) < 4.78 is 37.2. The largest absolute Gasteiger partial charge is 0.490 e. The molecular weight excluding hydrogens is 367 g/mol. The Morgan fingerprint density at radius 2 is 1.74 bits per heavy atom. The molecule has 3 aliphatic heterocycles. The molecule has 0 unspecified atom stereocenters. The predicted octanol–water partition coefficient (Wildman–Crippen LogP) is 1.74. The number of carboxylic acids is 1. The van der Waals surface area contributed by atoms with Gasteiger partial charge in [0.15, 0.2) is 0 Å². The van der Waals surface area contributed by atoms with Crippen LogP contribution in [0, 0.1) is 11.3 Å². The summed E-state index contributed by atoms with van der Waals surface area (Å²) in [6.07, 6.45) is -1.62. The van der Waals surface area contributed by atoms with Crippen LogP contribution in [0.1, 0.15) is 19.3 Å². The van der Waals surface area contributed by atoms with E-state index in [0.717, 1.165) is 52.3 Å². The number of alkyl halides is 3. The molecule has 3 heterocycles. The van der Waals surface area contributed by atoms with E-state index in [2.05, 4.69) is 16.8 Å². The lowest BCUT2D eigenvalue weighted by atomic mass is 9.78. The summed E-state index contributed by atoms with van der Waals surface area (Å²) in [6, 6.07) is 0.269. The molecule has 3 aliphatic rings. The lowest BCUT2D eigenvalue weighted by Crippen LogP contribution is -2.43. The van der Waals surface area contributed by atoms with E-state index in [1.165, 1.54) is 12.8 Å². The van der Waals surface area contributed by atoms with Crippen molar-refractivity contribution >= 4 is 12.0 Å². The van der Waals surface area contributed by atoms with Crippen molar-refractivity contribution in [3.8, 4) is 0 Å². The Morgan fingerprint density at radius 1 is 1.15 bits per heavy atom. The third-order valence-corrected chi connectivity index (χ3v) is 5.63. The highest BCUT2D eigenvalue weighted by molar-refractivity contribution is 5.75. The number of halogens is 3. The minimum absolute atomic E-state index is 0.264. The first-order valence-electron chi connectivity index (χ1n) is 9.10. The lowest BCUT2D eigenvalue weighted by Gasteiger charge is -2.31. The average molecular weight is 395 g/mol. The second-order valence-corrected chi connectivity index (χ2v) is 7.66. The molecule has 3 fully saturated rings. The van der Waals surface area contributed by atoms with Crippen molar-refractivity contribution in [1.29, 1.82) is 0 Å². The van der Waals surface area contributed by atoms with Gasteiger partial charge in [0.2, 0.25) is 0 Å². The molecule has 2 atom stereocenters. The molecule has 27 heavy (non-hydrogen) atoms. The quantitative estimate of drug-likeness (QED) is 0.771. The minimum atomic E-state index is -5.08. The number of hydrogen-bond donors (Lipinski definition) is 1. The number of nitrogens with zero attached hydrogens (tertiary/aromatic N) is 3. The van der Waals surface area contributed by atoms with E-state index >= 15 is 0 Å². The molecule has 0 saturated carbocycles. The number of hydrogen-bond acceptors (Lipinski definition) is 4. The molecule has 0 radical (unpaired) electrons. The van der Waals surface area contributed by atoms with Crippen molar-refractivity contribution in [1.82, 2.24) is 14.7 Å². The molecule has 10 heteroatoms. The fourth-order valence-electron chi connectivity index (χ4n) is 4.36. The number of carbonyl (C=O) groups excluding carboxylic acids is 1. The molecule has 3 rings (SSSR count). The van der Waals surface area contributed by atoms with Crippen molar-refractivity contribution in [3.05, 3.63) is 0 Å². The molecule has 0 bridgehead atoms. The second-order valence-electron chi connectivity index (χ2n) is 7.66. The second kappa shape index (κ2) is 8.64. The maximum atomic E-state index is 12.5. The van der Waals surface area contributed by atoms with Gasteiger partial charge in [-0.3, -0.25) is 0 Å². The Kier molecular flexibility index (Phi) is 6.96. The van der Waals surface area contributed by atoms with Crippen LogP contribution in [0.3, 0.4) is 0 Å². The summed E-state index contributed by atoms with van der Waals surface area (Å²) in [5, 5.41) is 7.12. The van der Waals surface area contributed by atoms with Gasteiger partial charge in [-0.25, -0.2) is 9.59 Å². The zero-order chi connectivity index (χ0) is 20.2. The van der Waals surface area contributed by atoms with Crippen LogP contribution >= 0.6 is 0 Å². The van der Waals surface area contributed by atoms with Crippen LogP contribution in [0.4, 0.5) is 18.0 Å². The van der Waals surface area contributed by atoms with E-state index < -0.39 is 12.1 Å². The topological polar surface area (TPSA) is 73.3 Å².